The minimum Gasteiger partial charge on any atom is -0.473 e. The van der Waals surface area contributed by atoms with Crippen LogP contribution in [0.5, 0.6) is 17.4 Å². The molecule has 3 aromatic rings. The predicted octanol–water partition coefficient (Wildman–Crippen LogP) is 5.56. The van der Waals surface area contributed by atoms with Gasteiger partial charge in [-0.25, -0.2) is 13.6 Å². The van der Waals surface area contributed by atoms with Gasteiger partial charge in [-0.05, 0) is 42.3 Å². The van der Waals surface area contributed by atoms with Crippen molar-refractivity contribution in [3.8, 4) is 17.4 Å². The minimum absolute atomic E-state index is 0.00568. The second-order valence-electron chi connectivity index (χ2n) is 8.93. The smallest absolute Gasteiger partial charge is 0.417 e. The number of benzene rings is 2. The third kappa shape index (κ3) is 5.14. The number of morpholine rings is 1. The quantitative estimate of drug-likeness (QED) is 0.370. The molecule has 2 aromatic carbocycles. The zero-order valence-electron chi connectivity index (χ0n) is 19.9. The molecule has 2 aliphatic heterocycles. The van der Waals surface area contributed by atoms with E-state index in [1.165, 1.54) is 4.57 Å². The van der Waals surface area contributed by atoms with Crippen LogP contribution in [0.1, 0.15) is 24.5 Å². The van der Waals surface area contributed by atoms with Crippen LogP contribution in [0.25, 0.3) is 0 Å². The van der Waals surface area contributed by atoms with E-state index < -0.39 is 45.6 Å². The second-order valence-corrected chi connectivity index (χ2v) is 9.34. The van der Waals surface area contributed by atoms with E-state index in [0.29, 0.717) is 31.6 Å². The van der Waals surface area contributed by atoms with Crippen LogP contribution in [0.3, 0.4) is 0 Å². The number of ether oxygens (including phenoxy) is 3. The van der Waals surface area contributed by atoms with Crippen LogP contribution in [0.15, 0.2) is 41.2 Å². The minimum atomic E-state index is -4.77. The summed E-state index contributed by atoms with van der Waals surface area (Å²) in [6.45, 7) is 3.22. The summed E-state index contributed by atoms with van der Waals surface area (Å²) in [7, 11) is 0. The lowest BCUT2D eigenvalue weighted by atomic mass is 10.1. The highest BCUT2D eigenvalue weighted by atomic mass is 35.5. The first-order valence-electron chi connectivity index (χ1n) is 11.7. The molecule has 38 heavy (non-hydrogen) atoms. The fourth-order valence-corrected chi connectivity index (χ4v) is 4.68. The summed E-state index contributed by atoms with van der Waals surface area (Å²) in [5.74, 6) is -3.02. The van der Waals surface area contributed by atoms with Gasteiger partial charge in [0.1, 0.15) is 18.2 Å². The lowest BCUT2D eigenvalue weighted by Crippen LogP contribution is -2.47. The fourth-order valence-electron chi connectivity index (χ4n) is 4.46. The van der Waals surface area contributed by atoms with Crippen molar-refractivity contribution in [1.82, 2.24) is 9.55 Å². The molecule has 202 valence electrons. The van der Waals surface area contributed by atoms with E-state index in [4.69, 9.17) is 25.8 Å². The first-order valence-corrected chi connectivity index (χ1v) is 12.1. The number of nitrogens with zero attached hydrogens (tertiary/aromatic N) is 3. The number of aromatic nitrogens is 2. The summed E-state index contributed by atoms with van der Waals surface area (Å²) in [4.78, 5) is 18.5. The van der Waals surface area contributed by atoms with Crippen LogP contribution in [0.2, 0.25) is 5.02 Å². The number of hydrogen-bond acceptors (Lipinski definition) is 6. The molecule has 0 N–H and O–H groups in total. The molecule has 0 radical (unpaired) electrons. The van der Waals surface area contributed by atoms with Gasteiger partial charge >= 0.3 is 11.9 Å². The summed E-state index contributed by atoms with van der Waals surface area (Å²) < 4.78 is 86.6. The highest BCUT2D eigenvalue weighted by Crippen LogP contribution is 2.38. The molecule has 0 amide bonds. The van der Waals surface area contributed by atoms with Crippen molar-refractivity contribution >= 4 is 17.4 Å². The molecule has 7 nitrogen and oxygen atoms in total. The van der Waals surface area contributed by atoms with Crippen LogP contribution in [0, 0.1) is 11.6 Å². The Morgan fingerprint density at radius 1 is 1.13 bits per heavy atom. The zero-order chi connectivity index (χ0) is 27.2. The number of alkyl halides is 3. The molecular weight excluding hydrogens is 537 g/mol. The van der Waals surface area contributed by atoms with E-state index in [9.17, 15) is 26.7 Å². The second kappa shape index (κ2) is 10.1. The molecule has 1 aromatic heterocycles. The van der Waals surface area contributed by atoms with Gasteiger partial charge in [-0.15, -0.1) is 0 Å². The summed E-state index contributed by atoms with van der Waals surface area (Å²) in [6.07, 6.45) is -3.92. The largest absolute Gasteiger partial charge is 0.473 e. The molecule has 0 aliphatic carbocycles. The van der Waals surface area contributed by atoms with Crippen LogP contribution >= 0.6 is 11.6 Å². The van der Waals surface area contributed by atoms with Crippen LogP contribution in [-0.4, -0.2) is 34.8 Å². The van der Waals surface area contributed by atoms with Crippen molar-refractivity contribution < 1.29 is 36.2 Å². The van der Waals surface area contributed by atoms with Gasteiger partial charge in [0.25, 0.3) is 0 Å². The summed E-state index contributed by atoms with van der Waals surface area (Å²) in [5.41, 5.74) is -1.66. The van der Waals surface area contributed by atoms with Crippen LogP contribution in [0.4, 0.5) is 27.8 Å². The summed E-state index contributed by atoms with van der Waals surface area (Å²) in [5, 5.41) is -0.576. The Hall–Kier alpha value is -3.38. The first-order chi connectivity index (χ1) is 18.0. The molecule has 1 fully saturated rings. The molecule has 0 bridgehead atoms. The summed E-state index contributed by atoms with van der Waals surface area (Å²) in [6, 6.07) is 5.98. The van der Waals surface area contributed by atoms with Gasteiger partial charge in [-0.1, -0.05) is 18.5 Å². The lowest BCUT2D eigenvalue weighted by molar-refractivity contribution is -0.137. The Bertz CT molecular complexity index is 1410. The van der Waals surface area contributed by atoms with Gasteiger partial charge in [0, 0.05) is 12.6 Å². The number of fused-ring (bicyclic) bond motifs is 3. The third-order valence-corrected chi connectivity index (χ3v) is 6.71. The van der Waals surface area contributed by atoms with Crippen molar-refractivity contribution in [2.24, 2.45) is 0 Å². The third-order valence-electron chi connectivity index (χ3n) is 6.38. The Morgan fingerprint density at radius 2 is 1.87 bits per heavy atom. The van der Waals surface area contributed by atoms with Gasteiger partial charge in [-0.2, -0.15) is 18.2 Å². The Balaban J connectivity index is 1.32. The van der Waals surface area contributed by atoms with E-state index in [1.807, 2.05) is 6.92 Å². The molecule has 3 heterocycles. The summed E-state index contributed by atoms with van der Waals surface area (Å²) >= 11 is 5.57. The standard InChI is InChI=1S/C25H21ClF5N3O4/c1-2-15-10-33-14(12-36-15)9-34-22(33)8-21(32-24(34)35)37-11-13-5-19(27)23(20(28)6-13)38-16-3-4-18(26)17(7-16)25(29,30)31/h3-8,14-15H,2,9-12H2,1H3/t14?,15-/m0/s1. The van der Waals surface area contributed by atoms with E-state index in [1.54, 1.807) is 6.07 Å². The van der Waals surface area contributed by atoms with E-state index in [0.717, 1.165) is 30.7 Å². The lowest BCUT2D eigenvalue weighted by Gasteiger charge is -2.35. The Kier molecular flexibility index (Phi) is 6.95. The maximum Gasteiger partial charge on any atom is 0.417 e. The Labute approximate surface area is 218 Å². The van der Waals surface area contributed by atoms with Gasteiger partial charge in [0.2, 0.25) is 5.88 Å². The zero-order valence-corrected chi connectivity index (χ0v) is 20.7. The van der Waals surface area contributed by atoms with Crippen LogP contribution < -0.4 is 20.1 Å². The molecule has 13 heteroatoms. The fraction of sp³-hybridized carbons (Fsp3) is 0.360. The number of halogens is 6. The van der Waals surface area contributed by atoms with Gasteiger partial charge in [-0.3, -0.25) is 4.57 Å². The SMILES string of the molecule is CC[C@H]1CN2c3cc(OCc4cc(F)c(Oc5ccc(Cl)c(C(F)(F)F)c5)c(F)c4)nc(=O)n3CC2CO1. The molecule has 1 unspecified atom stereocenters. The maximum atomic E-state index is 14.7. The van der Waals surface area contributed by atoms with E-state index >= 15 is 0 Å². The molecule has 5 rings (SSSR count). The van der Waals surface area contributed by atoms with E-state index in [-0.39, 0.29) is 30.2 Å². The van der Waals surface area contributed by atoms with E-state index in [2.05, 4.69) is 9.88 Å². The van der Waals surface area contributed by atoms with Gasteiger partial charge in [0.15, 0.2) is 17.4 Å². The molecule has 2 atom stereocenters. The number of hydrogen-bond donors (Lipinski definition) is 0. The van der Waals surface area contributed by atoms with Crippen molar-refractivity contribution in [1.29, 1.82) is 0 Å². The monoisotopic (exact) mass is 557 g/mol. The van der Waals surface area contributed by atoms with Gasteiger partial charge in [0.05, 0.1) is 35.9 Å². The highest BCUT2D eigenvalue weighted by Gasteiger charge is 2.36. The van der Waals surface area contributed by atoms with Crippen molar-refractivity contribution in [2.75, 3.05) is 18.1 Å². The topological polar surface area (TPSA) is 65.8 Å². The van der Waals surface area contributed by atoms with Crippen molar-refractivity contribution in [3.05, 3.63) is 74.7 Å². The van der Waals surface area contributed by atoms with Crippen molar-refractivity contribution in [3.63, 3.8) is 0 Å². The number of anilines is 1. The first kappa shape index (κ1) is 26.2. The molecule has 0 saturated carbocycles. The Morgan fingerprint density at radius 3 is 2.55 bits per heavy atom. The average Bonchev–Trinajstić information content (AvgIpc) is 3.23. The van der Waals surface area contributed by atoms with Crippen LogP contribution in [-0.2, 0) is 24.1 Å². The molecule has 0 spiro atoms. The predicted molar refractivity (Wildman–Crippen MR) is 127 cm³/mol. The molecule has 1 saturated heterocycles. The number of rotatable bonds is 6. The molecule has 2 aliphatic rings. The normalized spacial score (nSPS) is 18.8. The van der Waals surface area contributed by atoms with Gasteiger partial charge < -0.3 is 19.1 Å². The molecular formula is C25H21ClF5N3O4. The maximum absolute atomic E-state index is 14.7. The highest BCUT2D eigenvalue weighted by molar-refractivity contribution is 6.31. The van der Waals surface area contributed by atoms with Crippen molar-refractivity contribution in [2.45, 2.75) is 44.8 Å². The average molecular weight is 558 g/mol.